The molecular formula is C17H12ClIN2O2. The number of carbonyl (C=O) groups excluding carboxylic acids is 1. The van der Waals surface area contributed by atoms with Gasteiger partial charge in [-0.1, -0.05) is 41.0 Å². The Labute approximate surface area is 152 Å². The Hall–Kier alpha value is -1.86. The lowest BCUT2D eigenvalue weighted by molar-refractivity contribution is 0.102. The van der Waals surface area contributed by atoms with Gasteiger partial charge in [0.25, 0.3) is 5.91 Å². The van der Waals surface area contributed by atoms with Crippen LogP contribution < -0.4 is 5.32 Å². The molecule has 1 amide bonds. The highest BCUT2D eigenvalue weighted by Crippen LogP contribution is 2.31. The van der Waals surface area contributed by atoms with Crippen LogP contribution in [0.4, 0.5) is 5.69 Å². The number of nitrogens with zero attached hydrogens (tertiary/aromatic N) is 1. The van der Waals surface area contributed by atoms with E-state index in [0.29, 0.717) is 33.3 Å². The minimum atomic E-state index is -0.277. The van der Waals surface area contributed by atoms with Crippen LogP contribution in [0.15, 0.2) is 53.1 Å². The van der Waals surface area contributed by atoms with Crippen LogP contribution >= 0.6 is 34.2 Å². The molecule has 1 aromatic heterocycles. The van der Waals surface area contributed by atoms with E-state index in [0.717, 1.165) is 3.57 Å². The molecule has 6 heteroatoms. The number of benzene rings is 2. The fourth-order valence-electron chi connectivity index (χ4n) is 2.24. The van der Waals surface area contributed by atoms with E-state index < -0.39 is 0 Å². The molecule has 116 valence electrons. The number of nitrogens with one attached hydrogen (secondary N) is 1. The van der Waals surface area contributed by atoms with Gasteiger partial charge in [0.15, 0.2) is 0 Å². The molecular weight excluding hydrogens is 427 g/mol. The van der Waals surface area contributed by atoms with E-state index in [1.165, 1.54) is 0 Å². The first kappa shape index (κ1) is 16.0. The van der Waals surface area contributed by atoms with Gasteiger partial charge in [-0.05, 0) is 53.8 Å². The van der Waals surface area contributed by atoms with Crippen molar-refractivity contribution in [2.45, 2.75) is 6.92 Å². The van der Waals surface area contributed by atoms with Gasteiger partial charge in [-0.15, -0.1) is 0 Å². The summed E-state index contributed by atoms with van der Waals surface area (Å²) in [6.45, 7) is 1.71. The van der Waals surface area contributed by atoms with Gasteiger partial charge in [-0.2, -0.15) is 0 Å². The van der Waals surface area contributed by atoms with E-state index in [-0.39, 0.29) is 5.91 Å². The van der Waals surface area contributed by atoms with E-state index in [1.54, 1.807) is 13.0 Å². The van der Waals surface area contributed by atoms with Crippen LogP contribution in [-0.4, -0.2) is 11.1 Å². The van der Waals surface area contributed by atoms with Gasteiger partial charge in [0.05, 0.1) is 5.02 Å². The molecule has 0 fully saturated rings. The van der Waals surface area contributed by atoms with Crippen LogP contribution in [0.2, 0.25) is 5.02 Å². The van der Waals surface area contributed by atoms with Crippen LogP contribution in [0.5, 0.6) is 0 Å². The predicted octanol–water partition coefficient (Wildman–Crippen LogP) is 5.16. The average Bonchev–Trinajstić information content (AvgIpc) is 2.89. The van der Waals surface area contributed by atoms with Crippen LogP contribution in [0.3, 0.4) is 0 Å². The second-order valence-corrected chi connectivity index (χ2v) is 6.56. The van der Waals surface area contributed by atoms with Crippen LogP contribution in [0, 0.1) is 10.5 Å². The van der Waals surface area contributed by atoms with Crippen molar-refractivity contribution in [3.63, 3.8) is 0 Å². The molecule has 3 rings (SSSR count). The van der Waals surface area contributed by atoms with Gasteiger partial charge in [-0.3, -0.25) is 4.79 Å². The lowest BCUT2D eigenvalue weighted by atomic mass is 10.1. The molecule has 1 heterocycles. The molecule has 0 spiro atoms. The quantitative estimate of drug-likeness (QED) is 0.575. The third-order valence-corrected chi connectivity index (χ3v) is 4.30. The molecule has 4 nitrogen and oxygen atoms in total. The summed E-state index contributed by atoms with van der Waals surface area (Å²) >= 11 is 8.40. The zero-order chi connectivity index (χ0) is 16.4. The van der Waals surface area contributed by atoms with E-state index in [4.69, 9.17) is 16.1 Å². The maximum atomic E-state index is 12.7. The largest absolute Gasteiger partial charge is 0.360 e. The Morgan fingerprint density at radius 3 is 2.74 bits per heavy atom. The fourth-order valence-corrected chi connectivity index (χ4v) is 3.00. The van der Waals surface area contributed by atoms with Crippen molar-refractivity contribution in [1.29, 1.82) is 0 Å². The SMILES string of the molecule is Cc1onc(-c2ccccc2Cl)c1C(=O)Nc1cccc(I)c1. The maximum absolute atomic E-state index is 12.7. The molecule has 0 saturated carbocycles. The first-order valence-electron chi connectivity index (χ1n) is 6.84. The number of hydrogen-bond acceptors (Lipinski definition) is 3. The molecule has 0 bridgehead atoms. The maximum Gasteiger partial charge on any atom is 0.261 e. The number of halogens is 2. The van der Waals surface area contributed by atoms with Gasteiger partial charge < -0.3 is 9.84 Å². The molecule has 0 saturated heterocycles. The van der Waals surface area contributed by atoms with Crippen molar-refractivity contribution in [2.75, 3.05) is 5.32 Å². The van der Waals surface area contributed by atoms with E-state index >= 15 is 0 Å². The summed E-state index contributed by atoms with van der Waals surface area (Å²) in [4.78, 5) is 12.7. The topological polar surface area (TPSA) is 55.1 Å². The van der Waals surface area contributed by atoms with Crippen LogP contribution in [0.25, 0.3) is 11.3 Å². The van der Waals surface area contributed by atoms with Crippen molar-refractivity contribution in [1.82, 2.24) is 5.16 Å². The van der Waals surface area contributed by atoms with Crippen LogP contribution in [0.1, 0.15) is 16.1 Å². The number of rotatable bonds is 3. The Kier molecular flexibility index (Phi) is 4.68. The number of amides is 1. The molecule has 0 aliphatic rings. The summed E-state index contributed by atoms with van der Waals surface area (Å²) in [5, 5.41) is 7.39. The highest BCUT2D eigenvalue weighted by Gasteiger charge is 2.23. The molecule has 3 aromatic rings. The van der Waals surface area contributed by atoms with Crippen LogP contribution in [-0.2, 0) is 0 Å². The summed E-state index contributed by atoms with van der Waals surface area (Å²) < 4.78 is 6.25. The van der Waals surface area contributed by atoms with Gasteiger partial charge in [0.2, 0.25) is 0 Å². The number of anilines is 1. The fraction of sp³-hybridized carbons (Fsp3) is 0.0588. The Bertz CT molecular complexity index is 877. The summed E-state index contributed by atoms with van der Waals surface area (Å²) in [5.74, 6) is 0.170. The van der Waals surface area contributed by atoms with E-state index in [9.17, 15) is 4.79 Å². The van der Waals surface area contributed by atoms with Gasteiger partial charge in [0.1, 0.15) is 17.0 Å². The third-order valence-electron chi connectivity index (χ3n) is 3.30. The van der Waals surface area contributed by atoms with Crippen molar-refractivity contribution in [3.05, 3.63) is 68.4 Å². The lowest BCUT2D eigenvalue weighted by Gasteiger charge is -2.07. The first-order valence-corrected chi connectivity index (χ1v) is 8.30. The lowest BCUT2D eigenvalue weighted by Crippen LogP contribution is -2.13. The van der Waals surface area contributed by atoms with Crippen molar-refractivity contribution >= 4 is 45.8 Å². The molecule has 0 aliphatic carbocycles. The first-order chi connectivity index (χ1) is 11.1. The van der Waals surface area contributed by atoms with Gasteiger partial charge in [-0.25, -0.2) is 0 Å². The second kappa shape index (κ2) is 6.72. The minimum absolute atomic E-state index is 0.277. The monoisotopic (exact) mass is 438 g/mol. The molecule has 0 radical (unpaired) electrons. The predicted molar refractivity (Wildman–Crippen MR) is 98.8 cm³/mol. The van der Waals surface area contributed by atoms with Crippen molar-refractivity contribution in [3.8, 4) is 11.3 Å². The zero-order valence-corrected chi connectivity index (χ0v) is 15.1. The Balaban J connectivity index is 1.99. The molecule has 23 heavy (non-hydrogen) atoms. The van der Waals surface area contributed by atoms with Gasteiger partial charge in [0, 0.05) is 14.8 Å². The summed E-state index contributed by atoms with van der Waals surface area (Å²) in [5.41, 5.74) is 2.21. The van der Waals surface area contributed by atoms with E-state index in [1.807, 2.05) is 42.5 Å². The summed E-state index contributed by atoms with van der Waals surface area (Å²) in [6.07, 6.45) is 0. The van der Waals surface area contributed by atoms with Crippen molar-refractivity contribution in [2.24, 2.45) is 0 Å². The number of aryl methyl sites for hydroxylation is 1. The standard InChI is InChI=1S/C17H12ClIN2O2/c1-10-15(17(22)20-12-6-4-5-11(19)9-12)16(21-23-10)13-7-2-3-8-14(13)18/h2-9H,1H3,(H,20,22). The highest BCUT2D eigenvalue weighted by atomic mass is 127. The third kappa shape index (κ3) is 3.40. The molecule has 0 aliphatic heterocycles. The van der Waals surface area contributed by atoms with Crippen molar-refractivity contribution < 1.29 is 9.32 Å². The molecule has 0 unspecified atom stereocenters. The second-order valence-electron chi connectivity index (χ2n) is 4.91. The molecule has 2 aromatic carbocycles. The summed E-state index contributed by atoms with van der Waals surface area (Å²) in [7, 11) is 0. The summed E-state index contributed by atoms with van der Waals surface area (Å²) in [6, 6.07) is 14.8. The Morgan fingerprint density at radius 2 is 2.00 bits per heavy atom. The minimum Gasteiger partial charge on any atom is -0.360 e. The highest BCUT2D eigenvalue weighted by molar-refractivity contribution is 14.1. The smallest absolute Gasteiger partial charge is 0.261 e. The average molecular weight is 439 g/mol. The number of hydrogen-bond donors (Lipinski definition) is 1. The zero-order valence-electron chi connectivity index (χ0n) is 12.1. The number of carbonyl (C=O) groups is 1. The molecule has 0 atom stereocenters. The number of aromatic nitrogens is 1. The molecule has 1 N–H and O–H groups in total. The Morgan fingerprint density at radius 1 is 1.22 bits per heavy atom. The van der Waals surface area contributed by atoms with Gasteiger partial charge >= 0.3 is 0 Å². The van der Waals surface area contributed by atoms with E-state index in [2.05, 4.69) is 33.1 Å². The normalized spacial score (nSPS) is 10.6.